The number of hydrogen-bond donors (Lipinski definition) is 1. The molecule has 1 heterocycles. The van der Waals surface area contributed by atoms with Crippen LogP contribution in [0, 0.1) is 6.92 Å². The molecule has 1 amide bonds. The molecule has 28 heavy (non-hydrogen) atoms. The third-order valence-corrected chi connectivity index (χ3v) is 6.36. The second kappa shape index (κ2) is 7.31. The Morgan fingerprint density at radius 2 is 2.00 bits per heavy atom. The zero-order chi connectivity index (χ0) is 19.9. The van der Waals surface area contributed by atoms with Gasteiger partial charge in [-0.15, -0.1) is 0 Å². The third-order valence-electron chi connectivity index (χ3n) is 5.45. The van der Waals surface area contributed by atoms with Crippen LogP contribution in [0.25, 0.3) is 0 Å². The number of anilines is 1. The molecule has 1 aliphatic heterocycles. The van der Waals surface area contributed by atoms with E-state index in [1.807, 2.05) is 0 Å². The number of benzene rings is 2. The third kappa shape index (κ3) is 4.11. The van der Waals surface area contributed by atoms with Crippen LogP contribution in [0.5, 0.6) is 0 Å². The number of hydrogen-bond acceptors (Lipinski definition) is 4. The first-order chi connectivity index (χ1) is 13.3. The van der Waals surface area contributed by atoms with Crippen molar-refractivity contribution in [2.24, 2.45) is 5.14 Å². The van der Waals surface area contributed by atoms with Crippen LogP contribution in [-0.2, 0) is 27.8 Å². The van der Waals surface area contributed by atoms with Gasteiger partial charge >= 0.3 is 0 Å². The molecule has 2 aromatic carbocycles. The molecule has 0 saturated heterocycles. The predicted octanol–water partition coefficient (Wildman–Crippen LogP) is 2.20. The quantitative estimate of drug-likeness (QED) is 0.807. The van der Waals surface area contributed by atoms with Crippen molar-refractivity contribution in [1.29, 1.82) is 0 Å². The first kappa shape index (κ1) is 19.1. The maximum Gasteiger partial charge on any atom is 0.241 e. The lowest BCUT2D eigenvalue weighted by atomic mass is 10.1. The highest BCUT2D eigenvalue weighted by Gasteiger charge is 2.33. The van der Waals surface area contributed by atoms with Crippen molar-refractivity contribution in [3.63, 3.8) is 0 Å². The summed E-state index contributed by atoms with van der Waals surface area (Å²) in [7, 11) is -3.73. The number of nitrogens with zero attached hydrogens (tertiary/aromatic N) is 2. The highest BCUT2D eigenvalue weighted by molar-refractivity contribution is 7.89. The van der Waals surface area contributed by atoms with Crippen LogP contribution in [0.4, 0.5) is 5.69 Å². The molecule has 1 fully saturated rings. The van der Waals surface area contributed by atoms with Gasteiger partial charge in [0.2, 0.25) is 15.9 Å². The average molecular weight is 400 g/mol. The molecule has 1 saturated carbocycles. The van der Waals surface area contributed by atoms with Crippen LogP contribution in [0.1, 0.15) is 29.5 Å². The van der Waals surface area contributed by atoms with Crippen molar-refractivity contribution in [3.8, 4) is 0 Å². The monoisotopic (exact) mass is 399 g/mol. The van der Waals surface area contributed by atoms with Crippen molar-refractivity contribution in [3.05, 3.63) is 59.2 Å². The van der Waals surface area contributed by atoms with Crippen molar-refractivity contribution >= 4 is 21.6 Å². The largest absolute Gasteiger partial charge is 0.311 e. The molecule has 0 bridgehead atoms. The van der Waals surface area contributed by atoms with Gasteiger partial charge in [0.1, 0.15) is 0 Å². The lowest BCUT2D eigenvalue weighted by Crippen LogP contribution is -2.40. The number of aryl methyl sites for hydroxylation is 1. The van der Waals surface area contributed by atoms with Gasteiger partial charge in [-0.05, 0) is 55.5 Å². The Labute approximate surface area is 166 Å². The lowest BCUT2D eigenvalue weighted by molar-refractivity contribution is -0.119. The summed E-state index contributed by atoms with van der Waals surface area (Å²) >= 11 is 0. The van der Waals surface area contributed by atoms with Crippen LogP contribution >= 0.6 is 0 Å². The highest BCUT2D eigenvalue weighted by atomic mass is 32.2. The Morgan fingerprint density at radius 1 is 1.21 bits per heavy atom. The Bertz CT molecular complexity index is 1020. The van der Waals surface area contributed by atoms with Gasteiger partial charge in [-0.3, -0.25) is 9.69 Å². The summed E-state index contributed by atoms with van der Waals surface area (Å²) in [5.41, 5.74) is 4.10. The number of sulfonamides is 1. The number of carbonyl (C=O) groups excluding carboxylic acids is 1. The fourth-order valence-corrected chi connectivity index (χ4v) is 4.44. The summed E-state index contributed by atoms with van der Waals surface area (Å²) in [5, 5.41) is 5.22. The van der Waals surface area contributed by atoms with E-state index in [1.54, 1.807) is 17.0 Å². The molecule has 2 N–H and O–H groups in total. The molecule has 0 atom stereocenters. The van der Waals surface area contributed by atoms with Gasteiger partial charge in [0, 0.05) is 24.8 Å². The molecule has 0 aromatic heterocycles. The zero-order valence-electron chi connectivity index (χ0n) is 16.0. The van der Waals surface area contributed by atoms with Crippen LogP contribution in [0.3, 0.4) is 0 Å². The standard InChI is InChI=1S/C21H25N3O3S/c1-15-3-2-4-16(11-15)13-23(18-5-6-18)14-21(25)24-10-9-17-12-19(28(22,26)27)7-8-20(17)24/h2-4,7-8,11-12,18H,5-6,9-10,13-14H2,1H3,(H2,22,26,27). The number of rotatable bonds is 6. The number of carbonyl (C=O) groups is 1. The Balaban J connectivity index is 1.49. The number of nitrogens with two attached hydrogens (primary N) is 1. The molecule has 1 aliphatic carbocycles. The van der Waals surface area contributed by atoms with Crippen LogP contribution in [0.15, 0.2) is 47.4 Å². The van der Waals surface area contributed by atoms with Gasteiger partial charge in [-0.2, -0.15) is 0 Å². The van der Waals surface area contributed by atoms with E-state index < -0.39 is 10.0 Å². The molecule has 7 heteroatoms. The highest BCUT2D eigenvalue weighted by Crippen LogP contribution is 2.32. The van der Waals surface area contributed by atoms with E-state index in [0.29, 0.717) is 25.6 Å². The van der Waals surface area contributed by atoms with E-state index >= 15 is 0 Å². The summed E-state index contributed by atoms with van der Waals surface area (Å²) in [6.07, 6.45) is 2.91. The average Bonchev–Trinajstić information content (AvgIpc) is 3.39. The number of amides is 1. The summed E-state index contributed by atoms with van der Waals surface area (Å²) < 4.78 is 23.1. The molecular formula is C21H25N3O3S. The normalized spacial score (nSPS) is 16.5. The van der Waals surface area contributed by atoms with Gasteiger partial charge in [-0.25, -0.2) is 13.6 Å². The Kier molecular flexibility index (Phi) is 4.99. The van der Waals surface area contributed by atoms with Gasteiger partial charge in [0.15, 0.2) is 0 Å². The van der Waals surface area contributed by atoms with Crippen molar-refractivity contribution in [2.75, 3.05) is 18.0 Å². The lowest BCUT2D eigenvalue weighted by Gasteiger charge is -2.25. The van der Waals surface area contributed by atoms with Crippen LogP contribution in [0.2, 0.25) is 0 Å². The topological polar surface area (TPSA) is 83.7 Å². The van der Waals surface area contributed by atoms with Gasteiger partial charge in [0.05, 0.1) is 11.4 Å². The molecule has 2 aromatic rings. The molecule has 0 spiro atoms. The van der Waals surface area contributed by atoms with Crippen LogP contribution < -0.4 is 10.0 Å². The fraction of sp³-hybridized carbons (Fsp3) is 0.381. The van der Waals surface area contributed by atoms with Gasteiger partial charge in [0.25, 0.3) is 0 Å². The second-order valence-electron chi connectivity index (χ2n) is 7.76. The van der Waals surface area contributed by atoms with Gasteiger partial charge in [-0.1, -0.05) is 29.8 Å². The van der Waals surface area contributed by atoms with E-state index in [-0.39, 0.29) is 10.8 Å². The first-order valence-electron chi connectivity index (χ1n) is 9.57. The maximum absolute atomic E-state index is 13.0. The number of fused-ring (bicyclic) bond motifs is 1. The maximum atomic E-state index is 13.0. The van der Waals surface area contributed by atoms with Crippen molar-refractivity contribution in [1.82, 2.24) is 4.90 Å². The van der Waals surface area contributed by atoms with E-state index in [9.17, 15) is 13.2 Å². The molecule has 4 rings (SSSR count). The molecule has 148 valence electrons. The molecule has 0 unspecified atom stereocenters. The second-order valence-corrected chi connectivity index (χ2v) is 9.32. The summed E-state index contributed by atoms with van der Waals surface area (Å²) in [6.45, 7) is 3.79. The molecule has 2 aliphatic rings. The summed E-state index contributed by atoms with van der Waals surface area (Å²) in [5.74, 6) is 0.0571. The van der Waals surface area contributed by atoms with E-state index in [2.05, 4.69) is 36.1 Å². The number of primary sulfonamides is 1. The smallest absolute Gasteiger partial charge is 0.241 e. The van der Waals surface area contributed by atoms with Crippen molar-refractivity contribution < 1.29 is 13.2 Å². The predicted molar refractivity (Wildman–Crippen MR) is 108 cm³/mol. The Hall–Kier alpha value is -2.22. The molecule has 0 radical (unpaired) electrons. The summed E-state index contributed by atoms with van der Waals surface area (Å²) in [6, 6.07) is 13.6. The van der Waals surface area contributed by atoms with E-state index in [1.165, 1.54) is 17.2 Å². The van der Waals surface area contributed by atoms with Crippen LogP contribution in [-0.4, -0.2) is 38.4 Å². The minimum absolute atomic E-state index is 0.0571. The molecule has 6 nitrogen and oxygen atoms in total. The van der Waals surface area contributed by atoms with E-state index in [4.69, 9.17) is 5.14 Å². The fourth-order valence-electron chi connectivity index (χ4n) is 3.87. The minimum atomic E-state index is -3.73. The SMILES string of the molecule is Cc1cccc(CN(CC(=O)N2CCc3cc(S(N)(=O)=O)ccc32)C2CC2)c1. The minimum Gasteiger partial charge on any atom is -0.311 e. The first-order valence-corrected chi connectivity index (χ1v) is 11.1. The van der Waals surface area contributed by atoms with Crippen molar-refractivity contribution in [2.45, 2.75) is 43.7 Å². The summed E-state index contributed by atoms with van der Waals surface area (Å²) in [4.78, 5) is 17.2. The van der Waals surface area contributed by atoms with Gasteiger partial charge < -0.3 is 4.90 Å². The Morgan fingerprint density at radius 3 is 2.68 bits per heavy atom. The zero-order valence-corrected chi connectivity index (χ0v) is 16.8. The van der Waals surface area contributed by atoms with E-state index in [0.717, 1.165) is 30.6 Å². The molecular weight excluding hydrogens is 374 g/mol.